The van der Waals surface area contributed by atoms with Crippen LogP contribution >= 0.6 is 0 Å². The second-order valence-electron chi connectivity index (χ2n) is 7.81. The van der Waals surface area contributed by atoms with Crippen LogP contribution in [0.25, 0.3) is 0 Å². The quantitative estimate of drug-likeness (QED) is 0.819. The highest BCUT2D eigenvalue weighted by Crippen LogP contribution is 2.27. The summed E-state index contributed by atoms with van der Waals surface area (Å²) in [6.45, 7) is 5.51. The summed E-state index contributed by atoms with van der Waals surface area (Å²) in [6, 6.07) is 1.78. The highest BCUT2D eigenvalue weighted by Gasteiger charge is 2.29. The number of carbonyl (C=O) groups is 1. The first kappa shape index (κ1) is 16.3. The average Bonchev–Trinajstić information content (AvgIpc) is 3.13. The lowest BCUT2D eigenvalue weighted by molar-refractivity contribution is -0.119. The highest BCUT2D eigenvalue weighted by molar-refractivity contribution is 5.73. The molecule has 4 heteroatoms. The zero-order valence-electron chi connectivity index (χ0n) is 14.2. The molecule has 1 aliphatic heterocycles. The zero-order chi connectivity index (χ0) is 15.4. The van der Waals surface area contributed by atoms with E-state index in [1.54, 1.807) is 6.92 Å². The van der Waals surface area contributed by atoms with E-state index in [9.17, 15) is 4.79 Å². The Morgan fingerprint density at radius 1 is 0.955 bits per heavy atom. The number of carbonyl (C=O) groups excluding carboxylic acids is 1. The van der Waals surface area contributed by atoms with Crippen LogP contribution in [-0.2, 0) is 4.79 Å². The van der Waals surface area contributed by atoms with E-state index >= 15 is 0 Å². The molecule has 0 spiro atoms. The van der Waals surface area contributed by atoms with Crippen LogP contribution < -0.4 is 10.6 Å². The first-order valence-corrected chi connectivity index (χ1v) is 9.44. The van der Waals surface area contributed by atoms with Crippen LogP contribution in [0.4, 0.5) is 0 Å². The Morgan fingerprint density at radius 2 is 1.64 bits per heavy atom. The third kappa shape index (κ3) is 4.69. The molecule has 3 rings (SSSR count). The van der Waals surface area contributed by atoms with Crippen molar-refractivity contribution in [1.82, 2.24) is 15.5 Å². The van der Waals surface area contributed by atoms with Crippen LogP contribution in [0.15, 0.2) is 0 Å². The van der Waals surface area contributed by atoms with Crippen molar-refractivity contribution in [1.29, 1.82) is 0 Å². The van der Waals surface area contributed by atoms with Crippen molar-refractivity contribution in [2.75, 3.05) is 19.6 Å². The summed E-state index contributed by atoms with van der Waals surface area (Å²) >= 11 is 0. The summed E-state index contributed by atoms with van der Waals surface area (Å²) in [5.41, 5.74) is 0. The van der Waals surface area contributed by atoms with Crippen LogP contribution in [0, 0.1) is 5.92 Å². The Kier molecular flexibility index (Phi) is 5.75. The molecule has 1 amide bonds. The van der Waals surface area contributed by atoms with E-state index in [4.69, 9.17) is 0 Å². The fourth-order valence-corrected chi connectivity index (χ4v) is 4.72. The van der Waals surface area contributed by atoms with Crippen LogP contribution in [0.1, 0.15) is 64.7 Å². The molecule has 126 valence electrons. The molecule has 3 aliphatic rings. The number of amides is 1. The van der Waals surface area contributed by atoms with Gasteiger partial charge in [-0.3, -0.25) is 4.79 Å². The van der Waals surface area contributed by atoms with Gasteiger partial charge in [-0.1, -0.05) is 12.8 Å². The average molecular weight is 307 g/mol. The lowest BCUT2D eigenvalue weighted by atomic mass is 9.90. The van der Waals surface area contributed by atoms with Gasteiger partial charge in [0.15, 0.2) is 0 Å². The van der Waals surface area contributed by atoms with Crippen LogP contribution in [-0.4, -0.2) is 48.6 Å². The van der Waals surface area contributed by atoms with E-state index in [-0.39, 0.29) is 5.91 Å². The summed E-state index contributed by atoms with van der Waals surface area (Å²) in [7, 11) is 0. The normalized spacial score (nSPS) is 34.1. The number of likely N-dealkylation sites (tertiary alicyclic amines) is 1. The first-order valence-electron chi connectivity index (χ1n) is 9.44. The number of nitrogens with one attached hydrogen (secondary N) is 2. The van der Waals surface area contributed by atoms with E-state index in [0.29, 0.717) is 18.1 Å². The third-order valence-electron chi connectivity index (χ3n) is 5.87. The van der Waals surface area contributed by atoms with E-state index in [0.717, 1.165) is 18.8 Å². The Bertz CT molecular complexity index is 359. The second-order valence-corrected chi connectivity index (χ2v) is 7.81. The molecule has 22 heavy (non-hydrogen) atoms. The summed E-state index contributed by atoms with van der Waals surface area (Å²) in [4.78, 5) is 13.8. The van der Waals surface area contributed by atoms with E-state index in [1.165, 1.54) is 64.6 Å². The highest BCUT2D eigenvalue weighted by atomic mass is 16.1. The number of nitrogens with zero attached hydrogens (tertiary/aromatic N) is 1. The predicted molar refractivity (Wildman–Crippen MR) is 89.8 cm³/mol. The van der Waals surface area contributed by atoms with Gasteiger partial charge in [0, 0.05) is 38.1 Å². The standard InChI is InChI=1S/C18H33N3O/c1-14(22)19-16-6-8-17(9-7-16)20-18-10-11-21(13-18)12-15-4-2-3-5-15/h15-18,20H,2-13H2,1H3,(H,19,22)/t16?,17?,18-/m0/s1. The molecule has 2 aliphatic carbocycles. The lowest BCUT2D eigenvalue weighted by Crippen LogP contribution is -2.45. The molecule has 2 N–H and O–H groups in total. The van der Waals surface area contributed by atoms with Gasteiger partial charge in [0.2, 0.25) is 5.91 Å². The zero-order valence-corrected chi connectivity index (χ0v) is 14.2. The van der Waals surface area contributed by atoms with Gasteiger partial charge in [0.1, 0.15) is 0 Å². The number of hydrogen-bond acceptors (Lipinski definition) is 3. The topological polar surface area (TPSA) is 44.4 Å². The molecular formula is C18H33N3O. The third-order valence-corrected chi connectivity index (χ3v) is 5.87. The van der Waals surface area contributed by atoms with Gasteiger partial charge in [-0.2, -0.15) is 0 Å². The van der Waals surface area contributed by atoms with Crippen molar-refractivity contribution in [2.45, 2.75) is 82.8 Å². The van der Waals surface area contributed by atoms with Crippen molar-refractivity contribution in [2.24, 2.45) is 5.92 Å². The summed E-state index contributed by atoms with van der Waals surface area (Å²) in [6.07, 6.45) is 11.8. The van der Waals surface area contributed by atoms with Crippen molar-refractivity contribution in [3.05, 3.63) is 0 Å². The molecule has 0 bridgehead atoms. The minimum absolute atomic E-state index is 0.120. The van der Waals surface area contributed by atoms with E-state index in [2.05, 4.69) is 15.5 Å². The van der Waals surface area contributed by atoms with Crippen molar-refractivity contribution < 1.29 is 4.79 Å². The van der Waals surface area contributed by atoms with Crippen LogP contribution in [0.5, 0.6) is 0 Å². The molecule has 3 fully saturated rings. The molecule has 1 saturated heterocycles. The van der Waals surface area contributed by atoms with Gasteiger partial charge in [-0.05, 0) is 57.4 Å². The summed E-state index contributed by atoms with van der Waals surface area (Å²) in [5.74, 6) is 1.10. The van der Waals surface area contributed by atoms with Gasteiger partial charge >= 0.3 is 0 Å². The Morgan fingerprint density at radius 3 is 2.32 bits per heavy atom. The smallest absolute Gasteiger partial charge is 0.217 e. The van der Waals surface area contributed by atoms with Gasteiger partial charge < -0.3 is 15.5 Å². The number of rotatable bonds is 5. The molecule has 0 unspecified atom stereocenters. The predicted octanol–water partition coefficient (Wildman–Crippen LogP) is 2.29. The van der Waals surface area contributed by atoms with E-state index < -0.39 is 0 Å². The molecule has 0 aromatic carbocycles. The van der Waals surface area contributed by atoms with E-state index in [1.807, 2.05) is 0 Å². The summed E-state index contributed by atoms with van der Waals surface area (Å²) < 4.78 is 0. The maximum atomic E-state index is 11.1. The Labute approximate surface area is 135 Å². The summed E-state index contributed by atoms with van der Waals surface area (Å²) in [5, 5.41) is 6.96. The maximum absolute atomic E-state index is 11.1. The monoisotopic (exact) mass is 307 g/mol. The second kappa shape index (κ2) is 7.78. The van der Waals surface area contributed by atoms with Crippen molar-refractivity contribution in [3.8, 4) is 0 Å². The first-order chi connectivity index (χ1) is 10.7. The minimum atomic E-state index is 0.120. The Hall–Kier alpha value is -0.610. The van der Waals surface area contributed by atoms with Gasteiger partial charge in [-0.15, -0.1) is 0 Å². The minimum Gasteiger partial charge on any atom is -0.354 e. The molecule has 2 saturated carbocycles. The molecule has 1 atom stereocenters. The lowest BCUT2D eigenvalue weighted by Gasteiger charge is -2.31. The largest absolute Gasteiger partial charge is 0.354 e. The maximum Gasteiger partial charge on any atom is 0.217 e. The van der Waals surface area contributed by atoms with Gasteiger partial charge in [0.25, 0.3) is 0 Å². The molecule has 0 aromatic rings. The SMILES string of the molecule is CC(=O)NC1CCC(N[C@H]2CCN(CC3CCCC3)C2)CC1. The van der Waals surface area contributed by atoms with Gasteiger partial charge in [-0.25, -0.2) is 0 Å². The number of hydrogen-bond donors (Lipinski definition) is 2. The Balaban J connectivity index is 1.33. The molecular weight excluding hydrogens is 274 g/mol. The van der Waals surface area contributed by atoms with Crippen LogP contribution in [0.2, 0.25) is 0 Å². The molecule has 0 aromatic heterocycles. The molecule has 1 heterocycles. The van der Waals surface area contributed by atoms with Gasteiger partial charge in [0.05, 0.1) is 0 Å². The van der Waals surface area contributed by atoms with Crippen LogP contribution in [0.3, 0.4) is 0 Å². The molecule has 4 nitrogen and oxygen atoms in total. The van der Waals surface area contributed by atoms with Crippen molar-refractivity contribution in [3.63, 3.8) is 0 Å². The molecule has 0 radical (unpaired) electrons. The fourth-order valence-electron chi connectivity index (χ4n) is 4.72. The van der Waals surface area contributed by atoms with Crippen molar-refractivity contribution >= 4 is 5.91 Å². The fraction of sp³-hybridized carbons (Fsp3) is 0.944.